The van der Waals surface area contributed by atoms with E-state index >= 15 is 0 Å². The molecule has 3 aromatic heterocycles. The van der Waals surface area contributed by atoms with Gasteiger partial charge in [0.15, 0.2) is 17.5 Å². The van der Waals surface area contributed by atoms with Crippen molar-refractivity contribution in [3.8, 4) is 51.0 Å². The molecule has 0 aliphatic carbocycles. The van der Waals surface area contributed by atoms with Crippen LogP contribution in [0, 0.1) is 0 Å². The minimum atomic E-state index is -0.478. The van der Waals surface area contributed by atoms with Gasteiger partial charge in [-0.15, -0.1) is 11.3 Å². The number of rotatable bonds is 5. The molecule has 0 unspecified atom stereocenters. The van der Waals surface area contributed by atoms with E-state index in [0.717, 1.165) is 64.4 Å². The summed E-state index contributed by atoms with van der Waals surface area (Å²) in [5.41, 5.74) is 6.59. The molecule has 270 valence electrons. The summed E-state index contributed by atoms with van der Waals surface area (Å²) in [5.74, 6) is 0.648. The molecule has 0 radical (unpaired) electrons. The van der Waals surface area contributed by atoms with Gasteiger partial charge < -0.3 is 4.57 Å². The largest absolute Gasteiger partial charge is 0.309 e. The minimum Gasteiger partial charge on any atom is -0.309 e. The number of aromatic nitrogens is 4. The molecule has 3 heterocycles. The van der Waals surface area contributed by atoms with Gasteiger partial charge in [-0.2, -0.15) is 0 Å². The third-order valence-electron chi connectivity index (χ3n) is 11.1. The number of hydrogen-bond acceptors (Lipinski definition) is 4. The molecule has 0 amide bonds. The van der Waals surface area contributed by atoms with Crippen molar-refractivity contribution in [2.24, 2.45) is 0 Å². The predicted molar refractivity (Wildman–Crippen MR) is 244 cm³/mol. The Kier molecular flexibility index (Phi) is 6.30. The molecule has 0 bridgehead atoms. The maximum atomic E-state index is 8.91. The van der Waals surface area contributed by atoms with E-state index in [-0.39, 0.29) is 23.5 Å². The molecule has 12 aromatic rings. The highest BCUT2D eigenvalue weighted by atomic mass is 32.1. The summed E-state index contributed by atoms with van der Waals surface area (Å²) in [4.78, 5) is 15.0. The van der Waals surface area contributed by atoms with Crippen LogP contribution in [-0.2, 0) is 0 Å². The van der Waals surface area contributed by atoms with Gasteiger partial charge in [-0.25, -0.2) is 15.0 Å². The first-order valence-electron chi connectivity index (χ1n) is 21.6. The normalized spacial score (nSPS) is 13.0. The molecule has 0 N–H and O–H groups in total. The standard InChI is InChI=1S/C53H32N4S/c1-3-14-35(15-4-1)51-54-52(36-16-5-2-6-17-36)56-53(55-51)46-32-39(57-47-21-11-9-19-41(47)42-20-10-12-22-48(42)57)31-45-43-28-27-38(30-49(43)58-50(45)46)37-26-25-34-24-23-33-13-7-8-18-40(33)44(34)29-37/h1-32H/i1D,3D,4D,14D,15D. The van der Waals surface area contributed by atoms with E-state index in [9.17, 15) is 0 Å². The number of thiophene rings is 1. The Morgan fingerprint density at radius 1 is 0.414 bits per heavy atom. The molecule has 0 fully saturated rings. The third-order valence-corrected chi connectivity index (χ3v) is 12.3. The fourth-order valence-corrected chi connectivity index (χ4v) is 9.64. The Bertz CT molecular complexity index is 3800. The van der Waals surface area contributed by atoms with Gasteiger partial charge in [0.25, 0.3) is 0 Å². The monoisotopic (exact) mass is 761 g/mol. The summed E-state index contributed by atoms with van der Waals surface area (Å²) in [6.07, 6.45) is 0. The van der Waals surface area contributed by atoms with E-state index in [4.69, 9.17) is 21.8 Å². The summed E-state index contributed by atoms with van der Waals surface area (Å²) < 4.78 is 47.4. The summed E-state index contributed by atoms with van der Waals surface area (Å²) in [6, 6.07) is 54.7. The molecule has 5 heteroatoms. The summed E-state index contributed by atoms with van der Waals surface area (Å²) in [6.45, 7) is 0. The highest BCUT2D eigenvalue weighted by molar-refractivity contribution is 7.26. The molecule has 9 aromatic carbocycles. The summed E-state index contributed by atoms with van der Waals surface area (Å²) in [7, 11) is 0. The zero-order valence-electron chi connectivity index (χ0n) is 35.8. The van der Waals surface area contributed by atoms with Crippen LogP contribution in [0.5, 0.6) is 0 Å². The quantitative estimate of drug-likeness (QED) is 0.164. The Morgan fingerprint density at radius 3 is 1.79 bits per heavy atom. The SMILES string of the molecule is [2H]c1c([2H])c([2H])c(-c2nc(-c3ccccc3)nc(-c3cc(-n4c5ccccc5c5ccccc54)cc4c3sc3cc(-c5ccc6ccc7ccccc7c6c5)ccc34)n2)c([2H])c1[2H]. The van der Waals surface area contributed by atoms with E-state index in [0.29, 0.717) is 17.2 Å². The fraction of sp³-hybridized carbons (Fsp3) is 0. The second kappa shape index (κ2) is 13.1. The van der Waals surface area contributed by atoms with Crippen LogP contribution >= 0.6 is 11.3 Å². The molecular weight excluding hydrogens is 725 g/mol. The van der Waals surface area contributed by atoms with Gasteiger partial charge >= 0.3 is 0 Å². The molecule has 58 heavy (non-hydrogen) atoms. The van der Waals surface area contributed by atoms with Crippen molar-refractivity contribution in [3.05, 3.63) is 194 Å². The molecule has 4 nitrogen and oxygen atoms in total. The number of fused-ring (bicyclic) bond motifs is 9. The summed E-state index contributed by atoms with van der Waals surface area (Å²) in [5, 5.41) is 9.19. The lowest BCUT2D eigenvalue weighted by Gasteiger charge is -2.13. The van der Waals surface area contributed by atoms with Gasteiger partial charge in [-0.1, -0.05) is 158 Å². The van der Waals surface area contributed by atoms with E-state index in [1.165, 1.54) is 21.5 Å². The third kappa shape index (κ3) is 5.25. The Balaban J connectivity index is 1.15. The van der Waals surface area contributed by atoms with Crippen molar-refractivity contribution in [1.29, 1.82) is 0 Å². The number of benzene rings is 9. The van der Waals surface area contributed by atoms with E-state index < -0.39 is 18.1 Å². The number of nitrogens with zero attached hydrogens (tertiary/aromatic N) is 4. The van der Waals surface area contributed by atoms with Crippen LogP contribution in [0.25, 0.3) is 115 Å². The predicted octanol–water partition coefficient (Wildman–Crippen LogP) is 14.3. The second-order valence-corrected chi connectivity index (χ2v) is 15.5. The minimum absolute atomic E-state index is 0.00139. The Hall–Kier alpha value is -7.47. The maximum absolute atomic E-state index is 8.91. The van der Waals surface area contributed by atoms with Crippen molar-refractivity contribution < 1.29 is 6.85 Å². The van der Waals surface area contributed by atoms with E-state index in [1.807, 2.05) is 30.3 Å². The first-order chi connectivity index (χ1) is 30.8. The summed E-state index contributed by atoms with van der Waals surface area (Å²) >= 11 is 1.66. The van der Waals surface area contributed by atoms with Crippen LogP contribution in [-0.4, -0.2) is 19.5 Å². The lowest BCUT2D eigenvalue weighted by Crippen LogP contribution is -2.01. The zero-order valence-corrected chi connectivity index (χ0v) is 31.6. The lowest BCUT2D eigenvalue weighted by molar-refractivity contribution is 1.07. The van der Waals surface area contributed by atoms with Crippen LogP contribution in [0.2, 0.25) is 0 Å². The number of hydrogen-bond donors (Lipinski definition) is 0. The highest BCUT2D eigenvalue weighted by Gasteiger charge is 2.21. The zero-order chi connectivity index (χ0) is 42.5. The topological polar surface area (TPSA) is 43.6 Å². The molecule has 0 atom stereocenters. The molecule has 0 saturated heterocycles. The van der Waals surface area contributed by atoms with Crippen LogP contribution < -0.4 is 0 Å². The van der Waals surface area contributed by atoms with Crippen LogP contribution in [0.4, 0.5) is 0 Å². The molecule has 0 spiro atoms. The molecule has 0 aliphatic heterocycles. The fourth-order valence-electron chi connectivity index (χ4n) is 8.41. The average Bonchev–Trinajstić information content (AvgIpc) is 3.88. The van der Waals surface area contributed by atoms with Gasteiger partial charge in [0.1, 0.15) is 0 Å². The van der Waals surface area contributed by atoms with Crippen molar-refractivity contribution in [2.45, 2.75) is 0 Å². The maximum Gasteiger partial charge on any atom is 0.165 e. The van der Waals surface area contributed by atoms with Gasteiger partial charge in [0.2, 0.25) is 0 Å². The molecule has 0 saturated carbocycles. The van der Waals surface area contributed by atoms with Gasteiger partial charge in [-0.3, -0.25) is 0 Å². The second-order valence-electron chi connectivity index (χ2n) is 14.4. The molecular formula is C53H32N4S. The molecule has 0 aliphatic rings. The Labute approximate surface area is 345 Å². The van der Waals surface area contributed by atoms with Crippen molar-refractivity contribution in [1.82, 2.24) is 19.5 Å². The van der Waals surface area contributed by atoms with Crippen molar-refractivity contribution >= 4 is 74.9 Å². The van der Waals surface area contributed by atoms with E-state index in [1.54, 1.807) is 11.3 Å². The Morgan fingerprint density at radius 2 is 1.02 bits per heavy atom. The van der Waals surface area contributed by atoms with Gasteiger partial charge in [0, 0.05) is 53.3 Å². The average molecular weight is 762 g/mol. The van der Waals surface area contributed by atoms with Crippen molar-refractivity contribution in [3.63, 3.8) is 0 Å². The van der Waals surface area contributed by atoms with Crippen molar-refractivity contribution in [2.75, 3.05) is 0 Å². The van der Waals surface area contributed by atoms with Crippen LogP contribution in [0.15, 0.2) is 194 Å². The van der Waals surface area contributed by atoms with Crippen LogP contribution in [0.3, 0.4) is 0 Å². The first-order valence-corrected chi connectivity index (χ1v) is 19.9. The number of para-hydroxylation sites is 2. The smallest absolute Gasteiger partial charge is 0.165 e. The highest BCUT2D eigenvalue weighted by Crippen LogP contribution is 2.44. The lowest BCUT2D eigenvalue weighted by atomic mass is 9.96. The van der Waals surface area contributed by atoms with Gasteiger partial charge in [-0.05, 0) is 69.1 Å². The van der Waals surface area contributed by atoms with Gasteiger partial charge in [0.05, 0.1) is 17.9 Å². The van der Waals surface area contributed by atoms with E-state index in [2.05, 4.69) is 138 Å². The molecule has 12 rings (SSSR count). The van der Waals surface area contributed by atoms with Crippen LogP contribution in [0.1, 0.15) is 6.85 Å². The first kappa shape index (κ1) is 28.0.